The normalized spacial score (nSPS) is 18.3. The van der Waals surface area contributed by atoms with Crippen LogP contribution in [-0.2, 0) is 23.9 Å². The lowest BCUT2D eigenvalue weighted by Crippen LogP contribution is -2.49. The van der Waals surface area contributed by atoms with E-state index in [1.807, 2.05) is 24.3 Å². The Morgan fingerprint density at radius 2 is 1.82 bits per heavy atom. The van der Waals surface area contributed by atoms with E-state index in [-0.39, 0.29) is 30.7 Å². The number of hydrogen-bond acceptors (Lipinski definition) is 7. The number of fused-ring (bicyclic) bond motifs is 1. The third-order valence-electron chi connectivity index (χ3n) is 6.25. The van der Waals surface area contributed by atoms with E-state index in [0.29, 0.717) is 17.2 Å². The SMILES string of the molecule is COC(CN(C(=O)C1CC1)C1CC(=O)N(c2ccc(-c3nc4ccccc4o3)cc2)C1=O)OC. The van der Waals surface area contributed by atoms with E-state index in [0.717, 1.165) is 28.8 Å². The van der Waals surface area contributed by atoms with Gasteiger partial charge in [0.15, 0.2) is 11.9 Å². The molecular weight excluding hydrogens is 438 g/mol. The van der Waals surface area contributed by atoms with Crippen molar-refractivity contribution in [2.24, 2.45) is 5.92 Å². The Morgan fingerprint density at radius 3 is 2.47 bits per heavy atom. The van der Waals surface area contributed by atoms with E-state index < -0.39 is 18.2 Å². The van der Waals surface area contributed by atoms with Crippen molar-refractivity contribution < 1.29 is 28.3 Å². The van der Waals surface area contributed by atoms with E-state index in [1.165, 1.54) is 19.1 Å². The van der Waals surface area contributed by atoms with Crippen molar-refractivity contribution in [1.82, 2.24) is 9.88 Å². The molecule has 2 aliphatic rings. The predicted molar refractivity (Wildman–Crippen MR) is 123 cm³/mol. The lowest BCUT2D eigenvalue weighted by molar-refractivity contribution is -0.153. The first-order chi connectivity index (χ1) is 16.5. The van der Waals surface area contributed by atoms with E-state index in [1.54, 1.807) is 24.3 Å². The molecule has 0 bridgehead atoms. The van der Waals surface area contributed by atoms with Gasteiger partial charge in [0.25, 0.3) is 5.91 Å². The molecule has 9 heteroatoms. The van der Waals surface area contributed by atoms with Crippen molar-refractivity contribution in [1.29, 1.82) is 0 Å². The average molecular weight is 463 g/mol. The molecule has 3 aromatic rings. The van der Waals surface area contributed by atoms with Crippen LogP contribution in [0.3, 0.4) is 0 Å². The first-order valence-corrected chi connectivity index (χ1v) is 11.2. The zero-order valence-electron chi connectivity index (χ0n) is 19.0. The number of nitrogens with zero attached hydrogens (tertiary/aromatic N) is 3. The van der Waals surface area contributed by atoms with Crippen LogP contribution in [-0.4, -0.2) is 60.7 Å². The number of benzene rings is 2. The first-order valence-electron chi connectivity index (χ1n) is 11.2. The van der Waals surface area contributed by atoms with Gasteiger partial charge in [0.2, 0.25) is 17.7 Å². The Labute approximate surface area is 196 Å². The summed E-state index contributed by atoms with van der Waals surface area (Å²) in [7, 11) is 2.95. The first kappa shape index (κ1) is 22.2. The van der Waals surface area contributed by atoms with Gasteiger partial charge in [-0.15, -0.1) is 0 Å². The largest absolute Gasteiger partial charge is 0.436 e. The lowest BCUT2D eigenvalue weighted by Gasteiger charge is -2.30. The van der Waals surface area contributed by atoms with Gasteiger partial charge in [-0.25, -0.2) is 9.88 Å². The summed E-state index contributed by atoms with van der Waals surface area (Å²) >= 11 is 0. The second-order valence-corrected chi connectivity index (χ2v) is 8.49. The minimum atomic E-state index is -0.884. The van der Waals surface area contributed by atoms with Gasteiger partial charge in [-0.3, -0.25) is 14.4 Å². The zero-order chi connectivity index (χ0) is 23.8. The Bertz CT molecular complexity index is 1200. The van der Waals surface area contributed by atoms with Crippen molar-refractivity contribution in [3.63, 3.8) is 0 Å². The third kappa shape index (κ3) is 4.08. The molecule has 5 rings (SSSR count). The quantitative estimate of drug-likeness (QED) is 0.374. The fraction of sp³-hybridized carbons (Fsp3) is 0.360. The van der Waals surface area contributed by atoms with Gasteiger partial charge in [-0.05, 0) is 49.2 Å². The highest BCUT2D eigenvalue weighted by molar-refractivity contribution is 6.23. The smallest absolute Gasteiger partial charge is 0.257 e. The van der Waals surface area contributed by atoms with Crippen molar-refractivity contribution in [2.75, 3.05) is 25.7 Å². The van der Waals surface area contributed by atoms with Gasteiger partial charge in [0, 0.05) is 25.7 Å². The van der Waals surface area contributed by atoms with Gasteiger partial charge in [-0.1, -0.05) is 12.1 Å². The molecule has 1 saturated heterocycles. The van der Waals surface area contributed by atoms with Crippen LogP contribution in [0.25, 0.3) is 22.6 Å². The number of amides is 3. The summed E-state index contributed by atoms with van der Waals surface area (Å²) in [5.74, 6) is -0.583. The van der Waals surface area contributed by atoms with Crippen molar-refractivity contribution in [2.45, 2.75) is 31.6 Å². The maximum Gasteiger partial charge on any atom is 0.257 e. The van der Waals surface area contributed by atoms with Crippen LogP contribution in [0.1, 0.15) is 19.3 Å². The molecule has 2 aromatic carbocycles. The number of hydrogen-bond donors (Lipinski definition) is 0. The molecule has 0 N–H and O–H groups in total. The lowest BCUT2D eigenvalue weighted by atomic mass is 10.1. The van der Waals surface area contributed by atoms with Crippen LogP contribution < -0.4 is 4.90 Å². The molecule has 1 aromatic heterocycles. The molecule has 1 atom stereocenters. The summed E-state index contributed by atoms with van der Waals surface area (Å²) in [6.45, 7) is 0.0799. The summed E-state index contributed by atoms with van der Waals surface area (Å²) in [6, 6.07) is 13.5. The highest BCUT2D eigenvalue weighted by Crippen LogP contribution is 2.35. The monoisotopic (exact) mass is 463 g/mol. The molecule has 1 aliphatic heterocycles. The highest BCUT2D eigenvalue weighted by Gasteiger charge is 2.47. The van der Waals surface area contributed by atoms with Crippen LogP contribution >= 0.6 is 0 Å². The Balaban J connectivity index is 1.38. The molecule has 9 nitrogen and oxygen atoms in total. The Morgan fingerprint density at radius 1 is 1.12 bits per heavy atom. The molecule has 34 heavy (non-hydrogen) atoms. The number of rotatable bonds is 8. The summed E-state index contributed by atoms with van der Waals surface area (Å²) in [5, 5.41) is 0. The van der Waals surface area contributed by atoms with Crippen molar-refractivity contribution in [3.05, 3.63) is 48.5 Å². The summed E-state index contributed by atoms with van der Waals surface area (Å²) in [4.78, 5) is 46.2. The number of ether oxygens (including phenoxy) is 2. The summed E-state index contributed by atoms with van der Waals surface area (Å²) < 4.78 is 16.3. The Kier molecular flexibility index (Phi) is 5.89. The molecule has 176 valence electrons. The molecular formula is C25H25N3O6. The molecule has 1 saturated carbocycles. The molecule has 1 aliphatic carbocycles. The number of oxazole rings is 1. The van der Waals surface area contributed by atoms with Crippen LogP contribution in [0.4, 0.5) is 5.69 Å². The number of methoxy groups -OCH3 is 2. The zero-order valence-corrected chi connectivity index (χ0v) is 19.0. The number of carbonyl (C=O) groups excluding carboxylic acids is 3. The van der Waals surface area contributed by atoms with Gasteiger partial charge in [0.05, 0.1) is 18.7 Å². The van der Waals surface area contributed by atoms with Gasteiger partial charge in [0.1, 0.15) is 11.6 Å². The van der Waals surface area contributed by atoms with Gasteiger partial charge < -0.3 is 18.8 Å². The molecule has 0 radical (unpaired) electrons. The average Bonchev–Trinajstić information content (AvgIpc) is 3.55. The predicted octanol–water partition coefficient (Wildman–Crippen LogP) is 2.98. The minimum absolute atomic E-state index is 0.0790. The molecule has 2 fully saturated rings. The number of para-hydroxylation sites is 2. The third-order valence-corrected chi connectivity index (χ3v) is 6.25. The topological polar surface area (TPSA) is 102 Å². The van der Waals surface area contributed by atoms with Gasteiger partial charge >= 0.3 is 0 Å². The number of anilines is 1. The molecule has 0 spiro atoms. The van der Waals surface area contributed by atoms with E-state index in [2.05, 4.69) is 4.98 Å². The second-order valence-electron chi connectivity index (χ2n) is 8.49. The van der Waals surface area contributed by atoms with Crippen molar-refractivity contribution >= 4 is 34.5 Å². The summed E-state index contributed by atoms with van der Waals surface area (Å²) in [6.07, 6.45) is 0.811. The van der Waals surface area contributed by atoms with E-state index >= 15 is 0 Å². The fourth-order valence-electron chi connectivity index (χ4n) is 4.22. The van der Waals surface area contributed by atoms with Gasteiger partial charge in [-0.2, -0.15) is 0 Å². The maximum atomic E-state index is 13.3. The molecule has 2 heterocycles. The van der Waals surface area contributed by atoms with Crippen LogP contribution in [0.5, 0.6) is 0 Å². The number of aromatic nitrogens is 1. The van der Waals surface area contributed by atoms with E-state index in [4.69, 9.17) is 13.9 Å². The summed E-state index contributed by atoms with van der Waals surface area (Å²) in [5.41, 5.74) is 2.59. The van der Waals surface area contributed by atoms with Crippen LogP contribution in [0.15, 0.2) is 52.9 Å². The van der Waals surface area contributed by atoms with Crippen LogP contribution in [0, 0.1) is 5.92 Å². The van der Waals surface area contributed by atoms with Crippen LogP contribution in [0.2, 0.25) is 0 Å². The van der Waals surface area contributed by atoms with Crippen molar-refractivity contribution in [3.8, 4) is 11.5 Å². The number of carbonyl (C=O) groups is 3. The Hall–Kier alpha value is -3.56. The molecule has 1 unspecified atom stereocenters. The molecule has 3 amide bonds. The number of imide groups is 1. The van der Waals surface area contributed by atoms with E-state index in [9.17, 15) is 14.4 Å². The maximum absolute atomic E-state index is 13.3. The second kappa shape index (κ2) is 9.00. The highest BCUT2D eigenvalue weighted by atomic mass is 16.7. The standard InChI is InChI=1S/C25H25N3O6/c1-32-22(33-2)14-27(24(30)16-7-8-16)19-13-21(29)28(25(19)31)17-11-9-15(10-12-17)23-26-18-5-3-4-6-20(18)34-23/h3-6,9-12,16,19,22H,7-8,13-14H2,1-2H3. The minimum Gasteiger partial charge on any atom is -0.436 e. The fourth-order valence-corrected chi connectivity index (χ4v) is 4.22.